The van der Waals surface area contributed by atoms with Crippen molar-refractivity contribution in [2.24, 2.45) is 0 Å². The second-order valence-corrected chi connectivity index (χ2v) is 12.5. The van der Waals surface area contributed by atoms with E-state index in [9.17, 15) is 0 Å². The van der Waals surface area contributed by atoms with E-state index in [1.165, 1.54) is 36.8 Å². The molecule has 1 heteroatoms. The van der Waals surface area contributed by atoms with E-state index in [0.29, 0.717) is 0 Å². The van der Waals surface area contributed by atoms with Crippen molar-refractivity contribution in [1.29, 1.82) is 0 Å². The van der Waals surface area contributed by atoms with Crippen LogP contribution in [0.4, 0.5) is 0 Å². The quantitative estimate of drug-likeness (QED) is 0.409. The third-order valence-electron chi connectivity index (χ3n) is 7.56. The van der Waals surface area contributed by atoms with Gasteiger partial charge >= 0.3 is 0 Å². The van der Waals surface area contributed by atoms with Crippen LogP contribution in [0.2, 0.25) is 0 Å². The Morgan fingerprint density at radius 1 is 0.448 bits per heavy atom. The van der Waals surface area contributed by atoms with Crippen LogP contribution >= 0.6 is 0 Å². The zero-order valence-corrected chi connectivity index (χ0v) is 17.4. The average Bonchev–Trinajstić information content (AvgIpc) is 3.02. The Kier molecular flexibility index (Phi) is 3.07. The number of hydrogen-bond acceptors (Lipinski definition) is 0. The fourth-order valence-electron chi connectivity index (χ4n) is 5.88. The minimum absolute atomic E-state index is 1.24. The minimum Gasteiger partial charge on any atom is -0.0623 e. The maximum atomic E-state index is 2.56. The van der Waals surface area contributed by atoms with E-state index in [2.05, 4.69) is 84.9 Å². The van der Waals surface area contributed by atoms with Gasteiger partial charge in [-0.2, -0.15) is 0 Å². The van der Waals surface area contributed by atoms with Gasteiger partial charge in [0.15, 0.2) is 8.07 Å². The molecule has 2 aliphatic carbocycles. The molecule has 0 radical (unpaired) electrons. The molecule has 7 rings (SSSR count). The Bertz CT molecular complexity index is 1210. The smallest absolute Gasteiger partial charge is 0.0623 e. The summed E-state index contributed by atoms with van der Waals surface area (Å²) in [4.78, 5) is 0. The SMILES string of the molecule is c1ccc2c(c1)-c1ccccc1[Si]2(c1ccc2c(c1)CC2)c1ccc2c(c1)CC2. The van der Waals surface area contributed by atoms with Crippen molar-refractivity contribution < 1.29 is 0 Å². The first-order valence-corrected chi connectivity index (χ1v) is 12.8. The highest BCUT2D eigenvalue weighted by molar-refractivity contribution is 7.22. The molecule has 4 aromatic carbocycles. The van der Waals surface area contributed by atoms with Crippen LogP contribution in [-0.4, -0.2) is 8.07 Å². The fraction of sp³-hybridized carbons (Fsp3) is 0.143. The first-order valence-electron chi connectivity index (χ1n) is 10.8. The standard InChI is InChI=1S/C28H22Si/c1-3-7-27-25(5-1)26-6-2-4-8-28(26)29(27,23-15-13-19-9-11-21(19)17-23)24-16-14-20-10-12-22(20)18-24/h1-8,13-18H,9-12H2. The van der Waals surface area contributed by atoms with E-state index in [1.54, 1.807) is 43.0 Å². The molecule has 138 valence electrons. The predicted octanol–water partition coefficient (Wildman–Crippen LogP) is 3.24. The van der Waals surface area contributed by atoms with Crippen molar-refractivity contribution in [2.45, 2.75) is 25.7 Å². The van der Waals surface area contributed by atoms with Crippen LogP contribution in [0.3, 0.4) is 0 Å². The normalized spacial score (nSPS) is 16.7. The van der Waals surface area contributed by atoms with E-state index in [0.717, 1.165) is 0 Å². The first-order chi connectivity index (χ1) is 14.4. The van der Waals surface area contributed by atoms with Crippen LogP contribution in [-0.2, 0) is 25.7 Å². The predicted molar refractivity (Wildman–Crippen MR) is 124 cm³/mol. The van der Waals surface area contributed by atoms with Gasteiger partial charge < -0.3 is 0 Å². The molecule has 0 atom stereocenters. The highest BCUT2D eigenvalue weighted by atomic mass is 28.3. The van der Waals surface area contributed by atoms with Crippen molar-refractivity contribution in [3.8, 4) is 11.1 Å². The lowest BCUT2D eigenvalue weighted by molar-refractivity contribution is 0.840. The highest BCUT2D eigenvalue weighted by Gasteiger charge is 2.49. The molecule has 0 bridgehead atoms. The van der Waals surface area contributed by atoms with Gasteiger partial charge in [0.25, 0.3) is 0 Å². The molecule has 0 N–H and O–H groups in total. The summed E-state index contributed by atoms with van der Waals surface area (Å²) < 4.78 is 0. The molecule has 1 heterocycles. The van der Waals surface area contributed by atoms with Crippen LogP contribution in [0, 0.1) is 0 Å². The Balaban J connectivity index is 1.63. The molecular weight excluding hydrogens is 364 g/mol. The van der Waals surface area contributed by atoms with E-state index in [1.807, 2.05) is 0 Å². The number of aryl methyl sites for hydroxylation is 4. The van der Waals surface area contributed by atoms with Crippen LogP contribution in [0.5, 0.6) is 0 Å². The zero-order chi connectivity index (χ0) is 19.0. The summed E-state index contributed by atoms with van der Waals surface area (Å²) >= 11 is 0. The summed E-state index contributed by atoms with van der Waals surface area (Å²) in [6.07, 6.45) is 4.97. The van der Waals surface area contributed by atoms with E-state index in [-0.39, 0.29) is 0 Å². The number of hydrogen-bond donors (Lipinski definition) is 0. The summed E-state index contributed by atoms with van der Waals surface area (Å²) in [5.74, 6) is 0. The number of fused-ring (bicyclic) bond motifs is 5. The van der Waals surface area contributed by atoms with Gasteiger partial charge in [0.1, 0.15) is 0 Å². The van der Waals surface area contributed by atoms with Crippen LogP contribution < -0.4 is 20.7 Å². The molecule has 0 spiro atoms. The van der Waals surface area contributed by atoms with Gasteiger partial charge in [-0.25, -0.2) is 0 Å². The zero-order valence-electron chi connectivity index (χ0n) is 16.4. The van der Waals surface area contributed by atoms with Gasteiger partial charge in [-0.3, -0.25) is 0 Å². The molecule has 4 aromatic rings. The molecule has 0 saturated carbocycles. The fourth-order valence-corrected chi connectivity index (χ4v) is 11.1. The largest absolute Gasteiger partial charge is 0.180 e. The average molecular weight is 387 g/mol. The summed E-state index contributed by atoms with van der Waals surface area (Å²) in [5, 5.41) is 6.26. The molecule has 0 saturated heterocycles. The third kappa shape index (κ3) is 1.94. The minimum atomic E-state index is -2.27. The van der Waals surface area contributed by atoms with Gasteiger partial charge in [0, 0.05) is 0 Å². The number of rotatable bonds is 2. The van der Waals surface area contributed by atoms with Crippen molar-refractivity contribution in [3.63, 3.8) is 0 Å². The molecule has 29 heavy (non-hydrogen) atoms. The van der Waals surface area contributed by atoms with Crippen LogP contribution in [0.15, 0.2) is 84.9 Å². The van der Waals surface area contributed by atoms with Gasteiger partial charge in [-0.05, 0) is 79.8 Å². The number of benzene rings is 4. The van der Waals surface area contributed by atoms with Crippen LogP contribution in [0.25, 0.3) is 11.1 Å². The lowest BCUT2D eigenvalue weighted by Gasteiger charge is -2.34. The molecule has 1 aliphatic heterocycles. The lowest BCUT2D eigenvalue weighted by atomic mass is 9.89. The second-order valence-electron chi connectivity index (χ2n) is 8.81. The van der Waals surface area contributed by atoms with Gasteiger partial charge in [-0.15, -0.1) is 0 Å². The van der Waals surface area contributed by atoms with Gasteiger partial charge in [0.2, 0.25) is 0 Å². The Hall–Kier alpha value is -2.90. The monoisotopic (exact) mass is 386 g/mol. The van der Waals surface area contributed by atoms with E-state index >= 15 is 0 Å². The molecule has 0 nitrogen and oxygen atoms in total. The van der Waals surface area contributed by atoms with Crippen LogP contribution in [0.1, 0.15) is 22.3 Å². The topological polar surface area (TPSA) is 0 Å². The molecule has 0 amide bonds. The Morgan fingerprint density at radius 3 is 1.31 bits per heavy atom. The van der Waals surface area contributed by atoms with E-state index < -0.39 is 8.07 Å². The molecule has 0 aromatic heterocycles. The maximum Gasteiger partial charge on any atom is 0.180 e. The van der Waals surface area contributed by atoms with Crippen molar-refractivity contribution >= 4 is 28.8 Å². The molecular formula is C28H22Si. The summed E-state index contributed by atoms with van der Waals surface area (Å²) in [5.41, 5.74) is 9.13. The molecule has 0 fully saturated rings. The van der Waals surface area contributed by atoms with Crippen molar-refractivity contribution in [3.05, 3.63) is 107 Å². The summed E-state index contributed by atoms with van der Waals surface area (Å²) in [6.45, 7) is 0. The second kappa shape index (κ2) is 5.58. The first kappa shape index (κ1) is 16.0. The maximum absolute atomic E-state index is 2.56. The highest BCUT2D eigenvalue weighted by Crippen LogP contribution is 2.31. The Labute approximate surface area is 172 Å². The lowest BCUT2D eigenvalue weighted by Crippen LogP contribution is -2.73. The van der Waals surface area contributed by atoms with E-state index in [4.69, 9.17) is 0 Å². The Morgan fingerprint density at radius 2 is 0.897 bits per heavy atom. The van der Waals surface area contributed by atoms with Crippen molar-refractivity contribution in [2.75, 3.05) is 0 Å². The molecule has 3 aliphatic rings. The van der Waals surface area contributed by atoms with Gasteiger partial charge in [-0.1, -0.05) is 84.9 Å². The summed E-state index contributed by atoms with van der Waals surface area (Å²) in [6, 6.07) is 33.3. The third-order valence-corrected chi connectivity index (χ3v) is 12.4. The van der Waals surface area contributed by atoms with Gasteiger partial charge in [0.05, 0.1) is 0 Å². The van der Waals surface area contributed by atoms with Crippen molar-refractivity contribution in [1.82, 2.24) is 0 Å². The molecule has 0 unspecified atom stereocenters. The summed E-state index contributed by atoms with van der Waals surface area (Å²) in [7, 11) is -2.27.